The first kappa shape index (κ1) is 15.6. The molecule has 0 N–H and O–H groups in total. The van der Waals surface area contributed by atoms with Crippen LogP contribution in [0.15, 0.2) is 65.1 Å². The van der Waals surface area contributed by atoms with Crippen LogP contribution in [0.5, 0.6) is 11.5 Å². The van der Waals surface area contributed by atoms with Crippen LogP contribution in [0.4, 0.5) is 0 Å². The highest BCUT2D eigenvalue weighted by Gasteiger charge is 2.07. The molecule has 0 amide bonds. The number of ether oxygens (including phenoxy) is 2. The van der Waals surface area contributed by atoms with E-state index in [1.54, 1.807) is 12.1 Å². The molecule has 0 spiro atoms. The molecule has 23 heavy (non-hydrogen) atoms. The summed E-state index contributed by atoms with van der Waals surface area (Å²) in [5, 5.41) is 2.20. The van der Waals surface area contributed by atoms with Crippen molar-refractivity contribution in [3.8, 4) is 11.5 Å². The molecule has 0 saturated carbocycles. The van der Waals surface area contributed by atoms with Gasteiger partial charge >= 0.3 is 5.97 Å². The number of fused-ring (bicyclic) bond motifs is 1. The molecule has 0 atom stereocenters. The highest BCUT2D eigenvalue weighted by molar-refractivity contribution is 9.10. The zero-order valence-corrected chi connectivity index (χ0v) is 14.2. The number of rotatable bonds is 4. The Labute approximate surface area is 143 Å². The zero-order valence-electron chi connectivity index (χ0n) is 12.6. The van der Waals surface area contributed by atoms with Crippen molar-refractivity contribution in [2.24, 2.45) is 0 Å². The predicted octanol–water partition coefficient (Wildman–Crippen LogP) is 4.90. The third-order valence-corrected chi connectivity index (χ3v) is 4.33. The van der Waals surface area contributed by atoms with Crippen molar-refractivity contribution in [3.05, 3.63) is 70.7 Å². The van der Waals surface area contributed by atoms with Gasteiger partial charge in [-0.15, -0.1) is 0 Å². The first-order valence-corrected chi connectivity index (χ1v) is 7.99. The van der Waals surface area contributed by atoms with E-state index in [0.29, 0.717) is 11.5 Å². The molecule has 3 nitrogen and oxygen atoms in total. The predicted molar refractivity (Wildman–Crippen MR) is 94.0 cm³/mol. The number of halogens is 1. The zero-order chi connectivity index (χ0) is 16.2. The molecule has 4 heteroatoms. The van der Waals surface area contributed by atoms with Gasteiger partial charge in [0, 0.05) is 4.47 Å². The fourth-order valence-corrected chi connectivity index (χ4v) is 2.49. The Morgan fingerprint density at radius 2 is 1.70 bits per heavy atom. The number of benzene rings is 3. The molecule has 0 aliphatic heterocycles. The molecule has 0 aliphatic carbocycles. The van der Waals surface area contributed by atoms with Gasteiger partial charge in [-0.25, -0.2) is 4.79 Å². The molecule has 3 rings (SSSR count). The fourth-order valence-electron chi connectivity index (χ4n) is 2.24. The number of esters is 1. The lowest BCUT2D eigenvalue weighted by Gasteiger charge is -2.08. The Balaban J connectivity index is 1.62. The SMILES string of the molecule is Cc1cc(OC(=O)COc2ccc3ccccc3c2)ccc1Br. The number of hydrogen-bond donors (Lipinski definition) is 0. The van der Waals surface area contributed by atoms with Gasteiger partial charge in [0.1, 0.15) is 11.5 Å². The van der Waals surface area contributed by atoms with Crippen LogP contribution in [-0.2, 0) is 4.79 Å². The first-order valence-electron chi connectivity index (χ1n) is 7.20. The van der Waals surface area contributed by atoms with E-state index in [9.17, 15) is 4.79 Å². The van der Waals surface area contributed by atoms with Crippen LogP contribution in [-0.4, -0.2) is 12.6 Å². The molecule has 0 radical (unpaired) electrons. The fraction of sp³-hybridized carbons (Fsp3) is 0.105. The summed E-state index contributed by atoms with van der Waals surface area (Å²) >= 11 is 3.41. The van der Waals surface area contributed by atoms with Crippen molar-refractivity contribution in [1.82, 2.24) is 0 Å². The van der Waals surface area contributed by atoms with Crippen molar-refractivity contribution in [1.29, 1.82) is 0 Å². The number of carbonyl (C=O) groups is 1. The van der Waals surface area contributed by atoms with Crippen molar-refractivity contribution >= 4 is 32.7 Å². The Bertz CT molecular complexity index is 858. The highest BCUT2D eigenvalue weighted by atomic mass is 79.9. The molecule has 3 aromatic carbocycles. The summed E-state index contributed by atoms with van der Waals surface area (Å²) < 4.78 is 11.8. The van der Waals surface area contributed by atoms with Gasteiger partial charge < -0.3 is 9.47 Å². The largest absolute Gasteiger partial charge is 0.482 e. The summed E-state index contributed by atoms with van der Waals surface area (Å²) in [4.78, 5) is 11.9. The second-order valence-corrected chi connectivity index (χ2v) is 6.04. The Morgan fingerprint density at radius 3 is 2.48 bits per heavy atom. The van der Waals surface area contributed by atoms with Crippen molar-refractivity contribution < 1.29 is 14.3 Å². The van der Waals surface area contributed by atoms with E-state index in [1.807, 2.05) is 55.5 Å². The minimum Gasteiger partial charge on any atom is -0.482 e. The molecule has 0 bridgehead atoms. The summed E-state index contributed by atoms with van der Waals surface area (Å²) in [7, 11) is 0. The number of hydrogen-bond acceptors (Lipinski definition) is 3. The highest BCUT2D eigenvalue weighted by Crippen LogP contribution is 2.22. The summed E-state index contributed by atoms with van der Waals surface area (Å²) in [6.45, 7) is 1.81. The van der Waals surface area contributed by atoms with Gasteiger partial charge in [0.25, 0.3) is 0 Å². The van der Waals surface area contributed by atoms with E-state index >= 15 is 0 Å². The summed E-state index contributed by atoms with van der Waals surface area (Å²) in [5.74, 6) is 0.727. The van der Waals surface area contributed by atoms with E-state index in [-0.39, 0.29) is 6.61 Å². The average Bonchev–Trinajstić information content (AvgIpc) is 2.56. The van der Waals surface area contributed by atoms with Crippen LogP contribution in [0.25, 0.3) is 10.8 Å². The standard InChI is InChI=1S/C19H15BrO3/c1-13-10-17(8-9-18(13)20)23-19(21)12-22-16-7-6-14-4-2-3-5-15(14)11-16/h2-11H,12H2,1H3. The Hall–Kier alpha value is -2.33. The molecule has 0 fully saturated rings. The maximum absolute atomic E-state index is 11.9. The summed E-state index contributed by atoms with van der Waals surface area (Å²) in [6.07, 6.45) is 0. The van der Waals surface area contributed by atoms with Gasteiger partial charge in [-0.1, -0.05) is 46.3 Å². The third-order valence-electron chi connectivity index (χ3n) is 3.44. The van der Waals surface area contributed by atoms with Crippen LogP contribution < -0.4 is 9.47 Å². The normalized spacial score (nSPS) is 10.5. The first-order chi connectivity index (χ1) is 11.1. The Morgan fingerprint density at radius 1 is 0.957 bits per heavy atom. The van der Waals surface area contributed by atoms with E-state index in [4.69, 9.17) is 9.47 Å². The molecule has 0 saturated heterocycles. The third kappa shape index (κ3) is 3.90. The van der Waals surface area contributed by atoms with Gasteiger partial charge in [0.2, 0.25) is 0 Å². The minimum atomic E-state index is -0.431. The van der Waals surface area contributed by atoms with E-state index < -0.39 is 5.97 Å². The number of aryl methyl sites for hydroxylation is 1. The molecule has 0 aliphatic rings. The van der Waals surface area contributed by atoms with Crippen LogP contribution in [0.2, 0.25) is 0 Å². The molecule has 0 unspecified atom stereocenters. The topological polar surface area (TPSA) is 35.5 Å². The van der Waals surface area contributed by atoms with E-state index in [1.165, 1.54) is 0 Å². The van der Waals surface area contributed by atoms with Gasteiger partial charge in [0.05, 0.1) is 0 Å². The Kier molecular flexibility index (Phi) is 4.63. The lowest BCUT2D eigenvalue weighted by Crippen LogP contribution is -2.17. The summed E-state index contributed by atoms with van der Waals surface area (Å²) in [5.41, 5.74) is 1.01. The molecule has 3 aromatic rings. The van der Waals surface area contributed by atoms with Crippen LogP contribution in [0.3, 0.4) is 0 Å². The van der Waals surface area contributed by atoms with Crippen molar-refractivity contribution in [2.75, 3.05) is 6.61 Å². The molecular formula is C19H15BrO3. The van der Waals surface area contributed by atoms with E-state index in [2.05, 4.69) is 15.9 Å². The van der Waals surface area contributed by atoms with Crippen molar-refractivity contribution in [3.63, 3.8) is 0 Å². The van der Waals surface area contributed by atoms with Gasteiger partial charge in [0.15, 0.2) is 6.61 Å². The quantitative estimate of drug-likeness (QED) is 0.484. The smallest absolute Gasteiger partial charge is 0.349 e. The lowest BCUT2D eigenvalue weighted by molar-refractivity contribution is -0.136. The van der Waals surface area contributed by atoms with Gasteiger partial charge in [-0.3, -0.25) is 0 Å². The second-order valence-electron chi connectivity index (χ2n) is 5.18. The number of carbonyl (C=O) groups excluding carboxylic acids is 1. The molecule has 0 heterocycles. The maximum Gasteiger partial charge on any atom is 0.349 e. The molecular weight excluding hydrogens is 356 g/mol. The molecule has 116 valence electrons. The van der Waals surface area contributed by atoms with Gasteiger partial charge in [-0.2, -0.15) is 0 Å². The second kappa shape index (κ2) is 6.84. The van der Waals surface area contributed by atoms with Crippen LogP contribution >= 0.6 is 15.9 Å². The lowest BCUT2D eigenvalue weighted by atomic mass is 10.1. The van der Waals surface area contributed by atoms with Gasteiger partial charge in [-0.05, 0) is 53.6 Å². The average molecular weight is 371 g/mol. The monoisotopic (exact) mass is 370 g/mol. The van der Waals surface area contributed by atoms with Crippen LogP contribution in [0, 0.1) is 6.92 Å². The van der Waals surface area contributed by atoms with Crippen molar-refractivity contribution in [2.45, 2.75) is 6.92 Å². The van der Waals surface area contributed by atoms with Crippen LogP contribution in [0.1, 0.15) is 5.56 Å². The van der Waals surface area contributed by atoms with E-state index in [0.717, 1.165) is 20.8 Å². The maximum atomic E-state index is 11.9. The summed E-state index contributed by atoms with van der Waals surface area (Å²) in [6, 6.07) is 19.1. The minimum absolute atomic E-state index is 0.131. The molecule has 0 aromatic heterocycles.